The van der Waals surface area contributed by atoms with E-state index in [0.717, 1.165) is 11.5 Å². The van der Waals surface area contributed by atoms with E-state index in [9.17, 15) is 4.79 Å². The smallest absolute Gasteiger partial charge is 0.267 e. The van der Waals surface area contributed by atoms with Crippen LogP contribution in [0.1, 0.15) is 26.1 Å². The Bertz CT molecular complexity index is 482. The lowest BCUT2D eigenvalue weighted by Crippen LogP contribution is -2.45. The largest absolute Gasteiger partial charge is 0.379 e. The average Bonchev–Trinajstić information content (AvgIpc) is 2.87. The van der Waals surface area contributed by atoms with E-state index in [0.29, 0.717) is 19.4 Å². The number of amides is 1. The van der Waals surface area contributed by atoms with Crippen LogP contribution >= 0.6 is 0 Å². The molecule has 1 aromatic heterocycles. The van der Waals surface area contributed by atoms with E-state index in [-0.39, 0.29) is 5.91 Å². The number of carbonyl (C=O) groups excluding carboxylic acids is 1. The van der Waals surface area contributed by atoms with E-state index < -0.39 is 5.60 Å². The van der Waals surface area contributed by atoms with Crippen LogP contribution in [-0.4, -0.2) is 38.5 Å². The minimum absolute atomic E-state index is 0.148. The molecular weight excluding hydrogens is 234 g/mol. The van der Waals surface area contributed by atoms with Crippen LogP contribution in [0.2, 0.25) is 0 Å². The monoisotopic (exact) mass is 251 g/mol. The molecule has 1 atom stereocenters. The predicted molar refractivity (Wildman–Crippen MR) is 64.9 cm³/mol. The third-order valence-corrected chi connectivity index (χ3v) is 2.92. The molecule has 2 rings (SSSR count). The van der Waals surface area contributed by atoms with Crippen molar-refractivity contribution in [1.29, 1.82) is 0 Å². The fraction of sp³-hybridized carbons (Fsp3) is 0.636. The Balaban J connectivity index is 1.81. The van der Waals surface area contributed by atoms with Crippen molar-refractivity contribution in [2.45, 2.75) is 32.3 Å². The zero-order valence-electron chi connectivity index (χ0n) is 10.8. The molecule has 1 aliphatic rings. The van der Waals surface area contributed by atoms with Crippen molar-refractivity contribution in [1.82, 2.24) is 20.1 Å². The maximum absolute atomic E-state index is 12.0. The van der Waals surface area contributed by atoms with Crippen LogP contribution in [0.5, 0.6) is 0 Å². The summed E-state index contributed by atoms with van der Waals surface area (Å²) in [5, 5.41) is 10.6. The molecule has 0 bridgehead atoms. The molecule has 0 radical (unpaired) electrons. The van der Waals surface area contributed by atoms with Gasteiger partial charge in [-0.15, -0.1) is 0 Å². The molecule has 0 aromatic carbocycles. The zero-order chi connectivity index (χ0) is 13.2. The van der Waals surface area contributed by atoms with Gasteiger partial charge in [0.25, 0.3) is 5.91 Å². The van der Waals surface area contributed by atoms with Gasteiger partial charge in [0.05, 0.1) is 5.71 Å². The van der Waals surface area contributed by atoms with Gasteiger partial charge >= 0.3 is 0 Å². The van der Waals surface area contributed by atoms with Gasteiger partial charge in [-0.3, -0.25) is 9.48 Å². The summed E-state index contributed by atoms with van der Waals surface area (Å²) in [5.41, 5.74) is -0.0368. The predicted octanol–water partition coefficient (Wildman–Crippen LogP) is 0.0287. The Kier molecular flexibility index (Phi) is 3.31. The number of oxime groups is 1. The molecule has 1 unspecified atom stereocenters. The van der Waals surface area contributed by atoms with E-state index in [1.807, 2.05) is 14.0 Å². The topological polar surface area (TPSA) is 81.4 Å². The Hall–Kier alpha value is -1.92. The standard InChI is InChI=1S/C11H17N5O2/c1-8-6-11(2,18-15-8)10(17)12-5-4-9-13-7-14-16(9)3/h7H,4-6H2,1-3H3,(H,12,17). The lowest BCUT2D eigenvalue weighted by Gasteiger charge is -2.20. The number of nitrogens with one attached hydrogen (secondary N) is 1. The molecule has 2 heterocycles. The van der Waals surface area contributed by atoms with Crippen LogP contribution in [0.4, 0.5) is 0 Å². The van der Waals surface area contributed by atoms with Gasteiger partial charge in [-0.25, -0.2) is 4.98 Å². The molecule has 0 aliphatic carbocycles. The number of carbonyl (C=O) groups is 1. The number of nitrogens with zero attached hydrogens (tertiary/aromatic N) is 4. The number of rotatable bonds is 4. The normalized spacial score (nSPS) is 22.5. The van der Waals surface area contributed by atoms with E-state index in [4.69, 9.17) is 4.84 Å². The maximum atomic E-state index is 12.0. The minimum atomic E-state index is -0.871. The molecule has 1 N–H and O–H groups in total. The van der Waals surface area contributed by atoms with Crippen LogP contribution in [0.15, 0.2) is 11.5 Å². The van der Waals surface area contributed by atoms with Crippen LogP contribution in [0.25, 0.3) is 0 Å². The molecule has 18 heavy (non-hydrogen) atoms. The van der Waals surface area contributed by atoms with Crippen LogP contribution in [0.3, 0.4) is 0 Å². The van der Waals surface area contributed by atoms with Crippen molar-refractivity contribution in [2.24, 2.45) is 12.2 Å². The van der Waals surface area contributed by atoms with E-state index in [1.165, 1.54) is 6.33 Å². The van der Waals surface area contributed by atoms with E-state index >= 15 is 0 Å². The molecule has 7 nitrogen and oxygen atoms in total. The molecule has 98 valence electrons. The summed E-state index contributed by atoms with van der Waals surface area (Å²) in [6, 6.07) is 0. The van der Waals surface area contributed by atoms with E-state index in [2.05, 4.69) is 20.6 Å². The number of hydrogen-bond donors (Lipinski definition) is 1. The first kappa shape index (κ1) is 12.5. The van der Waals surface area contributed by atoms with Gasteiger partial charge in [0.2, 0.25) is 5.60 Å². The van der Waals surface area contributed by atoms with Crippen molar-refractivity contribution in [3.63, 3.8) is 0 Å². The summed E-state index contributed by atoms with van der Waals surface area (Å²) in [7, 11) is 1.82. The van der Waals surface area contributed by atoms with Gasteiger partial charge in [0.1, 0.15) is 12.2 Å². The van der Waals surface area contributed by atoms with Gasteiger partial charge in [-0.1, -0.05) is 5.16 Å². The Morgan fingerprint density at radius 3 is 3.00 bits per heavy atom. The number of hydrogen-bond acceptors (Lipinski definition) is 5. The van der Waals surface area contributed by atoms with Crippen molar-refractivity contribution in [2.75, 3.05) is 6.54 Å². The quantitative estimate of drug-likeness (QED) is 0.818. The lowest BCUT2D eigenvalue weighted by atomic mass is 9.99. The average molecular weight is 251 g/mol. The third kappa shape index (κ3) is 2.49. The second-order valence-corrected chi connectivity index (χ2v) is 4.63. The van der Waals surface area contributed by atoms with Crippen molar-refractivity contribution in [3.05, 3.63) is 12.2 Å². The van der Waals surface area contributed by atoms with Gasteiger partial charge in [0, 0.05) is 26.4 Å². The van der Waals surface area contributed by atoms with Gasteiger partial charge in [-0.2, -0.15) is 5.10 Å². The van der Waals surface area contributed by atoms with E-state index in [1.54, 1.807) is 11.6 Å². The fourth-order valence-corrected chi connectivity index (χ4v) is 1.87. The second-order valence-electron chi connectivity index (χ2n) is 4.63. The van der Waals surface area contributed by atoms with Gasteiger partial charge in [0.15, 0.2) is 0 Å². The summed E-state index contributed by atoms with van der Waals surface area (Å²) >= 11 is 0. The molecule has 0 fully saturated rings. The Morgan fingerprint density at radius 1 is 1.67 bits per heavy atom. The summed E-state index contributed by atoms with van der Waals surface area (Å²) in [6.45, 7) is 4.09. The highest BCUT2D eigenvalue weighted by Gasteiger charge is 2.40. The molecular formula is C11H17N5O2. The maximum Gasteiger partial charge on any atom is 0.267 e. The first-order valence-electron chi connectivity index (χ1n) is 5.84. The second kappa shape index (κ2) is 4.75. The number of aromatic nitrogens is 3. The molecule has 1 aliphatic heterocycles. The number of aryl methyl sites for hydroxylation is 1. The van der Waals surface area contributed by atoms with Crippen LogP contribution in [-0.2, 0) is 23.1 Å². The minimum Gasteiger partial charge on any atom is -0.379 e. The van der Waals surface area contributed by atoms with Crippen molar-refractivity contribution >= 4 is 11.6 Å². The Morgan fingerprint density at radius 2 is 2.44 bits per heavy atom. The first-order valence-corrected chi connectivity index (χ1v) is 5.84. The molecule has 1 amide bonds. The zero-order valence-corrected chi connectivity index (χ0v) is 10.8. The van der Waals surface area contributed by atoms with Crippen LogP contribution < -0.4 is 5.32 Å². The molecule has 0 saturated heterocycles. The molecule has 7 heteroatoms. The first-order chi connectivity index (χ1) is 8.51. The third-order valence-electron chi connectivity index (χ3n) is 2.92. The molecule has 0 saturated carbocycles. The highest BCUT2D eigenvalue weighted by atomic mass is 16.7. The van der Waals surface area contributed by atoms with Crippen LogP contribution in [0, 0.1) is 0 Å². The summed E-state index contributed by atoms with van der Waals surface area (Å²) in [6.07, 6.45) is 2.66. The highest BCUT2D eigenvalue weighted by molar-refractivity contribution is 5.94. The molecule has 1 aromatic rings. The summed E-state index contributed by atoms with van der Waals surface area (Å²) in [4.78, 5) is 21.2. The SMILES string of the molecule is CC1=NOC(C)(C(=O)NCCc2ncnn2C)C1. The highest BCUT2D eigenvalue weighted by Crippen LogP contribution is 2.23. The lowest BCUT2D eigenvalue weighted by molar-refractivity contribution is -0.141. The van der Waals surface area contributed by atoms with Crippen molar-refractivity contribution in [3.8, 4) is 0 Å². The summed E-state index contributed by atoms with van der Waals surface area (Å²) in [5.74, 6) is 0.686. The molecule has 0 spiro atoms. The summed E-state index contributed by atoms with van der Waals surface area (Å²) < 4.78 is 1.69. The Labute approximate surface area is 105 Å². The fourth-order valence-electron chi connectivity index (χ4n) is 1.87. The van der Waals surface area contributed by atoms with Crippen molar-refractivity contribution < 1.29 is 9.63 Å². The van der Waals surface area contributed by atoms with Gasteiger partial charge < -0.3 is 10.2 Å². The van der Waals surface area contributed by atoms with Gasteiger partial charge in [-0.05, 0) is 13.8 Å².